The smallest absolute Gasteiger partial charge is 0.311 e. The summed E-state index contributed by atoms with van der Waals surface area (Å²) in [6.07, 6.45) is 4.92. The number of esters is 1. The average Bonchev–Trinajstić information content (AvgIpc) is 2.92. The molecule has 2 fully saturated rings. The molecule has 5 atom stereocenters. The normalized spacial score (nSPS) is 34.0. The highest BCUT2D eigenvalue weighted by atomic mass is 32.2. The van der Waals surface area contributed by atoms with Crippen molar-refractivity contribution in [2.24, 2.45) is 11.8 Å². The third-order valence-corrected chi connectivity index (χ3v) is 11.2. The first-order valence-corrected chi connectivity index (χ1v) is 14.5. The predicted molar refractivity (Wildman–Crippen MR) is 103 cm³/mol. The van der Waals surface area contributed by atoms with E-state index in [1.807, 2.05) is 6.07 Å². The van der Waals surface area contributed by atoms with Crippen LogP contribution in [0.5, 0.6) is 0 Å². The fourth-order valence-electron chi connectivity index (χ4n) is 5.04. The van der Waals surface area contributed by atoms with E-state index in [2.05, 4.69) is 25.7 Å². The average molecular weight is 391 g/mol. The van der Waals surface area contributed by atoms with Crippen LogP contribution in [0.2, 0.25) is 25.2 Å². The molecule has 6 heteroatoms. The Morgan fingerprint density at radius 2 is 1.77 bits per heavy atom. The van der Waals surface area contributed by atoms with Gasteiger partial charge in [0, 0.05) is 5.92 Å². The minimum absolute atomic E-state index is 0.0488. The molecule has 1 heterocycles. The molecule has 0 radical (unpaired) electrons. The van der Waals surface area contributed by atoms with Gasteiger partial charge in [-0.15, -0.1) is 0 Å². The van der Waals surface area contributed by atoms with Crippen LogP contribution in [0.1, 0.15) is 19.3 Å². The van der Waals surface area contributed by atoms with Crippen LogP contribution in [-0.2, 0) is 19.4 Å². The van der Waals surface area contributed by atoms with Crippen molar-refractivity contribution in [2.45, 2.75) is 60.7 Å². The number of ether oxygens (including phenoxy) is 1. The predicted octanol–water partition coefficient (Wildman–Crippen LogP) is 3.82. The molecule has 140 valence electrons. The molecule has 4 rings (SSSR count). The molecule has 1 saturated carbocycles. The largest absolute Gasteiger partial charge is 0.461 e. The van der Waals surface area contributed by atoms with Crippen molar-refractivity contribution in [3.8, 4) is 0 Å². The molecule has 3 aliphatic rings. The number of benzene rings is 1. The second kappa shape index (κ2) is 6.06. The summed E-state index contributed by atoms with van der Waals surface area (Å²) >= 11 is 0. The van der Waals surface area contributed by atoms with Crippen LogP contribution in [0.25, 0.3) is 0 Å². The van der Waals surface area contributed by atoms with E-state index in [1.165, 1.54) is 5.57 Å². The lowest BCUT2D eigenvalue weighted by atomic mass is 9.71. The Kier molecular flexibility index (Phi) is 4.19. The van der Waals surface area contributed by atoms with Gasteiger partial charge in [-0.2, -0.15) is 0 Å². The van der Waals surface area contributed by atoms with E-state index in [0.29, 0.717) is 4.90 Å². The lowest BCUT2D eigenvalue weighted by molar-refractivity contribution is -0.144. The lowest BCUT2D eigenvalue weighted by Gasteiger charge is -2.43. The second-order valence-corrected chi connectivity index (χ2v) is 16.4. The molecule has 1 aromatic carbocycles. The number of sulfone groups is 1. The highest BCUT2D eigenvalue weighted by Gasteiger charge is 2.60. The third-order valence-electron chi connectivity index (χ3n) is 6.24. The van der Waals surface area contributed by atoms with Gasteiger partial charge in [-0.3, -0.25) is 4.79 Å². The van der Waals surface area contributed by atoms with Crippen molar-refractivity contribution >= 4 is 23.9 Å². The zero-order valence-corrected chi connectivity index (χ0v) is 17.3. The molecule has 1 aromatic rings. The van der Waals surface area contributed by atoms with Gasteiger partial charge in [0.25, 0.3) is 0 Å². The highest BCUT2D eigenvalue weighted by Crippen LogP contribution is 2.54. The fraction of sp³-hybridized carbons (Fsp3) is 0.550. The van der Waals surface area contributed by atoms with Gasteiger partial charge >= 0.3 is 5.97 Å². The van der Waals surface area contributed by atoms with Gasteiger partial charge in [0.2, 0.25) is 0 Å². The quantitative estimate of drug-likeness (QED) is 0.447. The molecule has 4 nitrogen and oxygen atoms in total. The van der Waals surface area contributed by atoms with Gasteiger partial charge < -0.3 is 4.74 Å². The van der Waals surface area contributed by atoms with Gasteiger partial charge in [-0.1, -0.05) is 49.5 Å². The van der Waals surface area contributed by atoms with Crippen LogP contribution < -0.4 is 0 Å². The van der Waals surface area contributed by atoms with E-state index in [0.717, 1.165) is 19.3 Å². The Bertz CT molecular complexity index is 854. The fourth-order valence-corrected chi connectivity index (χ4v) is 10.7. The van der Waals surface area contributed by atoms with Gasteiger partial charge in [-0.25, -0.2) is 8.42 Å². The summed E-state index contributed by atoms with van der Waals surface area (Å²) in [4.78, 5) is 13.1. The minimum Gasteiger partial charge on any atom is -0.461 e. The Balaban J connectivity index is 1.90. The molecule has 1 saturated heterocycles. The molecule has 0 bridgehead atoms. The molecule has 1 aliphatic heterocycles. The maximum atomic E-state index is 13.6. The molecule has 0 unspecified atom stereocenters. The number of allylic oxidation sites excluding steroid dienone is 1. The van der Waals surface area contributed by atoms with E-state index in [4.69, 9.17) is 4.74 Å². The molecule has 0 amide bonds. The second-order valence-electron chi connectivity index (χ2n) is 8.88. The molecule has 2 aliphatic carbocycles. The minimum atomic E-state index is -3.62. The number of hydrogen-bond donors (Lipinski definition) is 0. The summed E-state index contributed by atoms with van der Waals surface area (Å²) < 4.78 is 32.9. The van der Waals surface area contributed by atoms with Crippen LogP contribution in [-0.4, -0.2) is 33.8 Å². The van der Waals surface area contributed by atoms with E-state index < -0.39 is 29.1 Å². The number of carbonyl (C=O) groups is 1. The summed E-state index contributed by atoms with van der Waals surface area (Å²) in [6.45, 7) is 6.59. The van der Waals surface area contributed by atoms with Crippen LogP contribution >= 0.6 is 0 Å². The van der Waals surface area contributed by atoms with Crippen molar-refractivity contribution < 1.29 is 17.9 Å². The van der Waals surface area contributed by atoms with Gasteiger partial charge in [-0.05, 0) is 36.9 Å². The Morgan fingerprint density at radius 1 is 1.08 bits per heavy atom. The molecular formula is C20H26O4SSi. The van der Waals surface area contributed by atoms with Crippen LogP contribution in [0, 0.1) is 11.8 Å². The van der Waals surface area contributed by atoms with Crippen molar-refractivity contribution in [2.75, 3.05) is 0 Å². The maximum Gasteiger partial charge on any atom is 0.311 e. The summed E-state index contributed by atoms with van der Waals surface area (Å²) in [6, 6.07) is 8.60. The van der Waals surface area contributed by atoms with E-state index >= 15 is 0 Å². The zero-order chi connectivity index (χ0) is 18.7. The molecule has 0 spiro atoms. The van der Waals surface area contributed by atoms with Gasteiger partial charge in [0.1, 0.15) is 6.10 Å². The summed E-state index contributed by atoms with van der Waals surface area (Å²) in [5, 5.41) is -0.707. The Morgan fingerprint density at radius 3 is 2.42 bits per heavy atom. The summed E-state index contributed by atoms with van der Waals surface area (Å²) in [7, 11) is -5.49. The highest BCUT2D eigenvalue weighted by molar-refractivity contribution is 7.92. The first-order chi connectivity index (χ1) is 12.2. The van der Waals surface area contributed by atoms with Crippen molar-refractivity contribution in [3.05, 3.63) is 42.0 Å². The van der Waals surface area contributed by atoms with Gasteiger partial charge in [0.05, 0.1) is 24.1 Å². The molecule has 0 aromatic heterocycles. The number of carbonyl (C=O) groups excluding carboxylic acids is 1. The SMILES string of the molecule is C[Si](C)(C)[C@H]1C=C2CCC[C@H]3OC(=O)[C@@H]([C@@H]23)[C@@H]1S(=O)(=O)c1ccccc1. The van der Waals surface area contributed by atoms with Crippen LogP contribution in [0.15, 0.2) is 46.9 Å². The topological polar surface area (TPSA) is 60.4 Å². The molecule has 0 N–H and O–H groups in total. The number of rotatable bonds is 3. The van der Waals surface area contributed by atoms with Crippen molar-refractivity contribution in [3.63, 3.8) is 0 Å². The summed E-state index contributed by atoms with van der Waals surface area (Å²) in [5.74, 6) is -0.908. The van der Waals surface area contributed by atoms with Crippen LogP contribution in [0.3, 0.4) is 0 Å². The van der Waals surface area contributed by atoms with E-state index in [1.54, 1.807) is 24.3 Å². The third kappa shape index (κ3) is 2.69. The first kappa shape index (κ1) is 18.0. The Hall–Kier alpha value is -1.40. The summed E-state index contributed by atoms with van der Waals surface area (Å²) in [5.41, 5.74) is 1.19. The van der Waals surface area contributed by atoms with Crippen molar-refractivity contribution in [1.82, 2.24) is 0 Å². The van der Waals surface area contributed by atoms with E-state index in [-0.39, 0.29) is 23.5 Å². The maximum absolute atomic E-state index is 13.6. The molecular weight excluding hydrogens is 364 g/mol. The lowest BCUT2D eigenvalue weighted by Crippen LogP contribution is -2.50. The Labute approximate surface area is 156 Å². The monoisotopic (exact) mass is 390 g/mol. The first-order valence-electron chi connectivity index (χ1n) is 9.41. The van der Waals surface area contributed by atoms with Gasteiger partial charge in [0.15, 0.2) is 9.84 Å². The standard InChI is InChI=1S/C20H26O4SSi/c1-26(2,3)16-12-13-8-7-11-15-17(13)18(20(21)24-15)19(16)25(22,23)14-9-5-4-6-10-14/h4-6,9-10,12,15-19H,7-8,11H2,1-3H3/t15-,16+,17+,18+,19-/m1/s1. The van der Waals surface area contributed by atoms with Crippen molar-refractivity contribution in [1.29, 1.82) is 0 Å². The molecule has 26 heavy (non-hydrogen) atoms. The van der Waals surface area contributed by atoms with E-state index in [9.17, 15) is 13.2 Å². The van der Waals surface area contributed by atoms with Crippen LogP contribution in [0.4, 0.5) is 0 Å². The zero-order valence-electron chi connectivity index (χ0n) is 15.5. The number of hydrogen-bond acceptors (Lipinski definition) is 4.